The van der Waals surface area contributed by atoms with E-state index < -0.39 is 0 Å². The van der Waals surface area contributed by atoms with Crippen molar-refractivity contribution >= 4 is 11.7 Å². The average Bonchev–Trinajstić information content (AvgIpc) is 2.53. The van der Waals surface area contributed by atoms with E-state index in [4.69, 9.17) is 9.47 Å². The fraction of sp³-hybridized carbons (Fsp3) is 0.467. The quantitative estimate of drug-likeness (QED) is 0.790. The summed E-state index contributed by atoms with van der Waals surface area (Å²) in [6.45, 7) is 0.738. The molecule has 5 nitrogen and oxygen atoms in total. The van der Waals surface area contributed by atoms with Gasteiger partial charge in [0.25, 0.3) is 0 Å². The maximum Gasteiger partial charge on any atom is 0.328 e. The minimum Gasteiger partial charge on any atom is -0.497 e. The Bertz CT molecular complexity index is 536. The van der Waals surface area contributed by atoms with Crippen LogP contribution in [-0.2, 0) is 9.53 Å². The van der Waals surface area contributed by atoms with E-state index in [2.05, 4.69) is 6.07 Å². The first-order valence-corrected chi connectivity index (χ1v) is 6.64. The highest BCUT2D eigenvalue weighted by molar-refractivity contribution is 5.81. The Morgan fingerprint density at radius 3 is 2.85 bits per heavy atom. The first-order chi connectivity index (χ1) is 9.71. The standard InChI is InChI=1S/C15H18N2O3/c1-19-12-7-6-11(10-16)14(9-12)17-8-4-3-5-13(17)15(18)20-2/h6-7,9,13H,3-5,8H2,1-2H3. The Kier molecular flexibility index (Phi) is 4.46. The van der Waals surface area contributed by atoms with Gasteiger partial charge >= 0.3 is 5.97 Å². The van der Waals surface area contributed by atoms with E-state index in [-0.39, 0.29) is 12.0 Å². The molecule has 0 aliphatic carbocycles. The summed E-state index contributed by atoms with van der Waals surface area (Å²) in [4.78, 5) is 13.9. The molecule has 1 aromatic carbocycles. The lowest BCUT2D eigenvalue weighted by molar-refractivity contribution is -0.142. The van der Waals surface area contributed by atoms with Gasteiger partial charge in [0.2, 0.25) is 0 Å². The molecule has 1 aliphatic heterocycles. The summed E-state index contributed by atoms with van der Waals surface area (Å²) in [6.07, 6.45) is 2.73. The first-order valence-electron chi connectivity index (χ1n) is 6.64. The van der Waals surface area contributed by atoms with Crippen molar-refractivity contribution in [3.05, 3.63) is 23.8 Å². The molecule has 106 valence electrons. The number of carbonyl (C=O) groups excluding carboxylic acids is 1. The number of rotatable bonds is 3. The van der Waals surface area contributed by atoms with Crippen molar-refractivity contribution in [3.8, 4) is 11.8 Å². The van der Waals surface area contributed by atoms with Gasteiger partial charge in [0.15, 0.2) is 0 Å². The van der Waals surface area contributed by atoms with Crippen LogP contribution in [-0.4, -0.2) is 32.8 Å². The highest BCUT2D eigenvalue weighted by Crippen LogP contribution is 2.31. The molecule has 0 radical (unpaired) electrons. The lowest BCUT2D eigenvalue weighted by Gasteiger charge is -2.36. The topological polar surface area (TPSA) is 62.6 Å². The Hall–Kier alpha value is -2.22. The lowest BCUT2D eigenvalue weighted by atomic mass is 10.00. The van der Waals surface area contributed by atoms with Crippen molar-refractivity contribution in [2.75, 3.05) is 25.7 Å². The van der Waals surface area contributed by atoms with Crippen molar-refractivity contribution in [1.82, 2.24) is 0 Å². The Labute approximate surface area is 118 Å². The van der Waals surface area contributed by atoms with Crippen LogP contribution in [0.25, 0.3) is 0 Å². The van der Waals surface area contributed by atoms with E-state index in [1.807, 2.05) is 4.90 Å². The zero-order valence-electron chi connectivity index (χ0n) is 11.8. The summed E-state index contributed by atoms with van der Waals surface area (Å²) in [7, 11) is 2.98. The third-order valence-electron chi connectivity index (χ3n) is 3.61. The number of methoxy groups -OCH3 is 2. The molecule has 1 saturated heterocycles. The molecule has 1 aliphatic rings. The van der Waals surface area contributed by atoms with Crippen molar-refractivity contribution in [2.24, 2.45) is 0 Å². The zero-order valence-corrected chi connectivity index (χ0v) is 11.8. The summed E-state index contributed by atoms with van der Waals surface area (Å²) in [5.41, 5.74) is 1.28. The van der Waals surface area contributed by atoms with Crippen LogP contribution in [0.5, 0.6) is 5.75 Å². The molecule has 5 heteroatoms. The molecule has 0 bridgehead atoms. The molecular formula is C15H18N2O3. The molecule has 0 amide bonds. The van der Waals surface area contributed by atoms with Crippen molar-refractivity contribution < 1.29 is 14.3 Å². The highest BCUT2D eigenvalue weighted by atomic mass is 16.5. The fourth-order valence-corrected chi connectivity index (χ4v) is 2.57. The van der Waals surface area contributed by atoms with Gasteiger partial charge in [-0.2, -0.15) is 5.26 Å². The van der Waals surface area contributed by atoms with Gasteiger partial charge in [-0.15, -0.1) is 0 Å². The summed E-state index contributed by atoms with van der Waals surface area (Å²) >= 11 is 0. The van der Waals surface area contributed by atoms with Gasteiger partial charge in [0, 0.05) is 12.6 Å². The van der Waals surface area contributed by atoms with E-state index in [0.29, 0.717) is 11.3 Å². The van der Waals surface area contributed by atoms with Crippen LogP contribution >= 0.6 is 0 Å². The number of carbonyl (C=O) groups is 1. The van der Waals surface area contributed by atoms with Gasteiger partial charge in [0.1, 0.15) is 17.9 Å². The molecule has 0 aromatic heterocycles. The predicted octanol–water partition coefficient (Wildman–Crippen LogP) is 2.10. The average molecular weight is 274 g/mol. The van der Waals surface area contributed by atoms with Gasteiger partial charge in [-0.05, 0) is 31.4 Å². The van der Waals surface area contributed by atoms with Crippen LogP contribution in [0.15, 0.2) is 18.2 Å². The Balaban J connectivity index is 2.41. The van der Waals surface area contributed by atoms with Gasteiger partial charge in [-0.25, -0.2) is 4.79 Å². The number of ether oxygens (including phenoxy) is 2. The lowest BCUT2D eigenvalue weighted by Crippen LogP contribution is -2.45. The number of anilines is 1. The highest BCUT2D eigenvalue weighted by Gasteiger charge is 2.31. The molecule has 0 saturated carbocycles. The molecule has 2 rings (SSSR count). The molecule has 1 fully saturated rings. The first kappa shape index (κ1) is 14.2. The largest absolute Gasteiger partial charge is 0.497 e. The van der Waals surface area contributed by atoms with E-state index in [9.17, 15) is 10.1 Å². The molecule has 1 unspecified atom stereocenters. The summed E-state index contributed by atoms with van der Waals surface area (Å²) in [5.74, 6) is 0.421. The van der Waals surface area contributed by atoms with Crippen LogP contribution in [0.3, 0.4) is 0 Å². The molecular weight excluding hydrogens is 256 g/mol. The third kappa shape index (κ3) is 2.69. The maximum atomic E-state index is 11.9. The number of esters is 1. The number of piperidine rings is 1. The summed E-state index contributed by atoms with van der Waals surface area (Å²) in [5, 5.41) is 9.26. The van der Waals surface area contributed by atoms with Crippen molar-refractivity contribution in [2.45, 2.75) is 25.3 Å². The van der Waals surface area contributed by atoms with Crippen molar-refractivity contribution in [3.63, 3.8) is 0 Å². The van der Waals surface area contributed by atoms with E-state index in [1.165, 1.54) is 7.11 Å². The maximum absolute atomic E-state index is 11.9. The van der Waals surface area contributed by atoms with Gasteiger partial charge in [-0.3, -0.25) is 0 Å². The van der Waals surface area contributed by atoms with Crippen molar-refractivity contribution in [1.29, 1.82) is 5.26 Å². The fourth-order valence-electron chi connectivity index (χ4n) is 2.57. The Morgan fingerprint density at radius 2 is 2.20 bits per heavy atom. The predicted molar refractivity (Wildman–Crippen MR) is 74.7 cm³/mol. The molecule has 20 heavy (non-hydrogen) atoms. The molecule has 1 heterocycles. The molecule has 1 aromatic rings. The summed E-state index contributed by atoms with van der Waals surface area (Å²) < 4.78 is 10.1. The summed E-state index contributed by atoms with van der Waals surface area (Å²) in [6, 6.07) is 7.12. The van der Waals surface area contributed by atoms with Crippen LogP contribution in [0.1, 0.15) is 24.8 Å². The van der Waals surface area contributed by atoms with Crippen LogP contribution < -0.4 is 9.64 Å². The van der Waals surface area contributed by atoms with E-state index in [1.54, 1.807) is 25.3 Å². The zero-order chi connectivity index (χ0) is 14.5. The normalized spacial score (nSPS) is 18.2. The second-order valence-corrected chi connectivity index (χ2v) is 4.72. The van der Waals surface area contributed by atoms with Crippen LogP contribution in [0, 0.1) is 11.3 Å². The van der Waals surface area contributed by atoms with Crippen LogP contribution in [0.2, 0.25) is 0 Å². The number of hydrogen-bond donors (Lipinski definition) is 0. The monoisotopic (exact) mass is 274 g/mol. The van der Waals surface area contributed by atoms with Crippen LogP contribution in [0.4, 0.5) is 5.69 Å². The number of nitriles is 1. The Morgan fingerprint density at radius 1 is 1.40 bits per heavy atom. The second-order valence-electron chi connectivity index (χ2n) is 4.72. The van der Waals surface area contributed by atoms with E-state index in [0.717, 1.165) is 31.5 Å². The van der Waals surface area contributed by atoms with Gasteiger partial charge in [-0.1, -0.05) is 0 Å². The van der Waals surface area contributed by atoms with Gasteiger partial charge in [0.05, 0.1) is 25.5 Å². The molecule has 1 atom stereocenters. The smallest absolute Gasteiger partial charge is 0.328 e. The number of nitrogens with zero attached hydrogens (tertiary/aromatic N) is 2. The number of benzene rings is 1. The SMILES string of the molecule is COC(=O)C1CCCCN1c1cc(OC)ccc1C#N. The minimum atomic E-state index is -0.326. The minimum absolute atomic E-state index is 0.253. The number of hydrogen-bond acceptors (Lipinski definition) is 5. The molecule has 0 N–H and O–H groups in total. The molecule has 0 spiro atoms. The second kappa shape index (κ2) is 6.29. The third-order valence-corrected chi connectivity index (χ3v) is 3.61. The van der Waals surface area contributed by atoms with E-state index >= 15 is 0 Å². The van der Waals surface area contributed by atoms with Gasteiger partial charge < -0.3 is 14.4 Å².